The molecule has 0 atom stereocenters. The molecule has 0 bridgehead atoms. The molecule has 3 heteroatoms. The van der Waals surface area contributed by atoms with Gasteiger partial charge in [0.15, 0.2) is 11.6 Å². The van der Waals surface area contributed by atoms with Crippen LogP contribution in [0.25, 0.3) is 0 Å². The highest BCUT2D eigenvalue weighted by molar-refractivity contribution is 5.29. The van der Waals surface area contributed by atoms with Gasteiger partial charge in [0, 0.05) is 6.54 Å². The Kier molecular flexibility index (Phi) is 4.27. The van der Waals surface area contributed by atoms with E-state index in [0.29, 0.717) is 6.42 Å². The van der Waals surface area contributed by atoms with Crippen LogP contribution in [0.2, 0.25) is 0 Å². The van der Waals surface area contributed by atoms with Crippen LogP contribution in [0.15, 0.2) is 42.5 Å². The van der Waals surface area contributed by atoms with Crippen molar-refractivity contribution in [2.24, 2.45) is 0 Å². The van der Waals surface area contributed by atoms with Gasteiger partial charge in [0.25, 0.3) is 0 Å². The van der Waals surface area contributed by atoms with Crippen molar-refractivity contribution in [2.75, 3.05) is 14.1 Å². The van der Waals surface area contributed by atoms with Crippen molar-refractivity contribution in [1.82, 2.24) is 4.90 Å². The van der Waals surface area contributed by atoms with Crippen LogP contribution < -0.4 is 0 Å². The SMILES string of the molecule is CN(C)Cc1ccc(Cc2ccc(F)c(F)c2)cc1. The van der Waals surface area contributed by atoms with E-state index < -0.39 is 11.6 Å². The highest BCUT2D eigenvalue weighted by atomic mass is 19.2. The van der Waals surface area contributed by atoms with Crippen LogP contribution in [0, 0.1) is 11.6 Å². The maximum atomic E-state index is 13.1. The number of rotatable bonds is 4. The summed E-state index contributed by atoms with van der Waals surface area (Å²) in [5, 5.41) is 0. The van der Waals surface area contributed by atoms with Gasteiger partial charge in [0.05, 0.1) is 0 Å². The molecule has 0 N–H and O–H groups in total. The number of halogens is 2. The number of nitrogens with zero attached hydrogens (tertiary/aromatic N) is 1. The summed E-state index contributed by atoms with van der Waals surface area (Å²) in [6.07, 6.45) is 0.611. The maximum absolute atomic E-state index is 13.1. The second-order valence-electron chi connectivity index (χ2n) is 4.98. The normalized spacial score (nSPS) is 11.0. The molecule has 0 fully saturated rings. The van der Waals surface area contributed by atoms with Crippen LogP contribution in [0.4, 0.5) is 8.78 Å². The molecular weight excluding hydrogens is 244 g/mol. The minimum absolute atomic E-state index is 0.611. The fraction of sp³-hybridized carbons (Fsp3) is 0.250. The van der Waals surface area contributed by atoms with Gasteiger partial charge in [-0.2, -0.15) is 0 Å². The van der Waals surface area contributed by atoms with Gasteiger partial charge in [-0.3, -0.25) is 0 Å². The van der Waals surface area contributed by atoms with E-state index in [1.54, 1.807) is 6.07 Å². The first kappa shape index (κ1) is 13.7. The lowest BCUT2D eigenvalue weighted by atomic mass is 10.0. The van der Waals surface area contributed by atoms with E-state index in [0.717, 1.165) is 17.7 Å². The highest BCUT2D eigenvalue weighted by Gasteiger charge is 2.03. The molecule has 0 amide bonds. The summed E-state index contributed by atoms with van der Waals surface area (Å²) in [4.78, 5) is 2.10. The molecule has 100 valence electrons. The number of benzene rings is 2. The van der Waals surface area contributed by atoms with E-state index in [4.69, 9.17) is 0 Å². The predicted molar refractivity (Wildman–Crippen MR) is 73.0 cm³/mol. The molecule has 0 radical (unpaired) electrons. The fourth-order valence-corrected chi connectivity index (χ4v) is 2.01. The highest BCUT2D eigenvalue weighted by Crippen LogP contribution is 2.14. The maximum Gasteiger partial charge on any atom is 0.159 e. The van der Waals surface area contributed by atoms with Gasteiger partial charge >= 0.3 is 0 Å². The first-order valence-electron chi connectivity index (χ1n) is 6.21. The van der Waals surface area contributed by atoms with Crippen molar-refractivity contribution in [2.45, 2.75) is 13.0 Å². The summed E-state index contributed by atoms with van der Waals surface area (Å²) < 4.78 is 25.9. The molecule has 0 spiro atoms. The minimum Gasteiger partial charge on any atom is -0.305 e. The molecule has 0 aliphatic carbocycles. The summed E-state index contributed by atoms with van der Waals surface area (Å²) in [6, 6.07) is 12.2. The lowest BCUT2D eigenvalue weighted by Crippen LogP contribution is -2.10. The zero-order valence-corrected chi connectivity index (χ0v) is 11.2. The van der Waals surface area contributed by atoms with E-state index >= 15 is 0 Å². The van der Waals surface area contributed by atoms with Crippen LogP contribution in [0.3, 0.4) is 0 Å². The quantitative estimate of drug-likeness (QED) is 0.812. The molecule has 1 nitrogen and oxygen atoms in total. The standard InChI is InChI=1S/C16H17F2N/c1-19(2)11-13-5-3-12(4-6-13)9-14-7-8-15(17)16(18)10-14/h3-8,10H,9,11H2,1-2H3. The number of hydrogen-bond donors (Lipinski definition) is 0. The van der Waals surface area contributed by atoms with Crippen molar-refractivity contribution in [3.63, 3.8) is 0 Å². The van der Waals surface area contributed by atoms with Gasteiger partial charge in [-0.25, -0.2) is 8.78 Å². The van der Waals surface area contributed by atoms with E-state index in [1.807, 2.05) is 26.2 Å². The molecule has 0 aliphatic heterocycles. The van der Waals surface area contributed by atoms with Crippen molar-refractivity contribution >= 4 is 0 Å². The Hall–Kier alpha value is -1.74. The van der Waals surface area contributed by atoms with E-state index in [9.17, 15) is 8.78 Å². The summed E-state index contributed by atoms with van der Waals surface area (Å²) in [5.74, 6) is -1.59. The largest absolute Gasteiger partial charge is 0.305 e. The van der Waals surface area contributed by atoms with Gasteiger partial charge in [0.1, 0.15) is 0 Å². The Bertz CT molecular complexity index is 547. The molecule has 0 unspecified atom stereocenters. The molecule has 0 saturated carbocycles. The van der Waals surface area contributed by atoms with Crippen molar-refractivity contribution in [3.05, 3.63) is 70.8 Å². The van der Waals surface area contributed by atoms with E-state index in [2.05, 4.69) is 17.0 Å². The molecule has 0 heterocycles. The first-order valence-corrected chi connectivity index (χ1v) is 6.21. The minimum atomic E-state index is -0.801. The second-order valence-corrected chi connectivity index (χ2v) is 4.98. The monoisotopic (exact) mass is 261 g/mol. The Labute approximate surface area is 112 Å². The van der Waals surface area contributed by atoms with E-state index in [1.165, 1.54) is 17.7 Å². The fourth-order valence-electron chi connectivity index (χ4n) is 2.01. The van der Waals surface area contributed by atoms with Crippen LogP contribution in [0.5, 0.6) is 0 Å². The summed E-state index contributed by atoms with van der Waals surface area (Å²) in [5.41, 5.74) is 3.10. The average molecular weight is 261 g/mol. The Morgan fingerprint density at radius 1 is 0.789 bits per heavy atom. The van der Waals surface area contributed by atoms with Crippen LogP contribution in [0.1, 0.15) is 16.7 Å². The molecule has 0 aromatic heterocycles. The van der Waals surface area contributed by atoms with Gasteiger partial charge in [-0.05, 0) is 49.3 Å². The number of hydrogen-bond acceptors (Lipinski definition) is 1. The molecule has 2 aromatic rings. The first-order chi connectivity index (χ1) is 9.04. The third-order valence-corrected chi connectivity index (χ3v) is 2.91. The van der Waals surface area contributed by atoms with Crippen LogP contribution in [-0.4, -0.2) is 19.0 Å². The van der Waals surface area contributed by atoms with Gasteiger partial charge in [0.2, 0.25) is 0 Å². The Morgan fingerprint density at radius 2 is 1.37 bits per heavy atom. The smallest absolute Gasteiger partial charge is 0.159 e. The second kappa shape index (κ2) is 5.93. The summed E-state index contributed by atoms with van der Waals surface area (Å²) >= 11 is 0. The molecule has 2 rings (SSSR count). The molecule has 0 aliphatic rings. The topological polar surface area (TPSA) is 3.24 Å². The Balaban J connectivity index is 2.08. The summed E-state index contributed by atoms with van der Waals surface area (Å²) in [6.45, 7) is 0.894. The molecular formula is C16H17F2N. The van der Waals surface area contributed by atoms with Crippen molar-refractivity contribution in [1.29, 1.82) is 0 Å². The lowest BCUT2D eigenvalue weighted by molar-refractivity contribution is 0.402. The van der Waals surface area contributed by atoms with Crippen molar-refractivity contribution in [3.8, 4) is 0 Å². The zero-order valence-electron chi connectivity index (χ0n) is 11.2. The zero-order chi connectivity index (χ0) is 13.8. The van der Waals surface area contributed by atoms with Crippen LogP contribution in [-0.2, 0) is 13.0 Å². The molecule has 2 aromatic carbocycles. The van der Waals surface area contributed by atoms with Crippen LogP contribution >= 0.6 is 0 Å². The summed E-state index contributed by atoms with van der Waals surface area (Å²) in [7, 11) is 4.05. The van der Waals surface area contributed by atoms with Gasteiger partial charge < -0.3 is 4.90 Å². The average Bonchev–Trinajstić information content (AvgIpc) is 2.36. The molecule has 19 heavy (non-hydrogen) atoms. The molecule has 0 saturated heterocycles. The van der Waals surface area contributed by atoms with Crippen molar-refractivity contribution < 1.29 is 8.78 Å². The predicted octanol–water partition coefficient (Wildman–Crippen LogP) is 3.62. The lowest BCUT2D eigenvalue weighted by Gasteiger charge is -2.10. The van der Waals surface area contributed by atoms with E-state index in [-0.39, 0.29) is 0 Å². The van der Waals surface area contributed by atoms with Gasteiger partial charge in [-0.15, -0.1) is 0 Å². The third kappa shape index (κ3) is 3.86. The third-order valence-electron chi connectivity index (χ3n) is 2.91. The van der Waals surface area contributed by atoms with Gasteiger partial charge in [-0.1, -0.05) is 30.3 Å². The Morgan fingerprint density at radius 3 is 1.95 bits per heavy atom.